The van der Waals surface area contributed by atoms with Crippen molar-refractivity contribution in [3.63, 3.8) is 0 Å². The Bertz CT molecular complexity index is 1040. The van der Waals surface area contributed by atoms with Gasteiger partial charge in [0.1, 0.15) is 5.60 Å². The van der Waals surface area contributed by atoms with Crippen LogP contribution < -0.4 is 0 Å². The van der Waals surface area contributed by atoms with E-state index in [0.717, 1.165) is 17.5 Å². The fraction of sp³-hybridized carbons (Fsp3) is 0.172. The summed E-state index contributed by atoms with van der Waals surface area (Å²) < 4.78 is 0. The zero-order chi connectivity index (χ0) is 20.7. The SMILES string of the molecule is CC1(C(O)(c2ccccc2)c2ccccc2)CC1(c1ccccc1)c1ccccc1. The van der Waals surface area contributed by atoms with E-state index in [1.165, 1.54) is 11.1 Å². The van der Waals surface area contributed by atoms with Crippen LogP contribution in [0.15, 0.2) is 121 Å². The summed E-state index contributed by atoms with van der Waals surface area (Å²) in [6.07, 6.45) is 0.869. The Morgan fingerprint density at radius 2 is 0.900 bits per heavy atom. The normalized spacial score (nSPS) is 19.9. The molecular formula is C29H26O. The molecule has 0 heterocycles. The maximum Gasteiger partial charge on any atom is 0.121 e. The Labute approximate surface area is 178 Å². The molecule has 0 radical (unpaired) electrons. The molecule has 0 aliphatic heterocycles. The summed E-state index contributed by atoms with van der Waals surface area (Å²) in [4.78, 5) is 0. The van der Waals surface area contributed by atoms with Crippen LogP contribution in [-0.2, 0) is 11.0 Å². The second-order valence-corrected chi connectivity index (χ2v) is 8.59. The van der Waals surface area contributed by atoms with Gasteiger partial charge in [-0.25, -0.2) is 0 Å². The summed E-state index contributed by atoms with van der Waals surface area (Å²) in [5.74, 6) is 0. The van der Waals surface area contributed by atoms with Crippen molar-refractivity contribution in [3.05, 3.63) is 144 Å². The van der Waals surface area contributed by atoms with E-state index in [1.54, 1.807) is 0 Å². The average Bonchev–Trinajstić information content (AvgIpc) is 3.49. The minimum absolute atomic E-state index is 0.268. The first kappa shape index (κ1) is 18.8. The Balaban J connectivity index is 1.78. The van der Waals surface area contributed by atoms with Crippen LogP contribution in [0, 0.1) is 5.41 Å². The van der Waals surface area contributed by atoms with Gasteiger partial charge in [0.2, 0.25) is 0 Å². The summed E-state index contributed by atoms with van der Waals surface area (Å²) in [5, 5.41) is 12.6. The number of hydrogen-bond donors (Lipinski definition) is 1. The van der Waals surface area contributed by atoms with Gasteiger partial charge in [-0.2, -0.15) is 0 Å². The molecule has 4 aromatic carbocycles. The predicted octanol–water partition coefficient (Wildman–Crippen LogP) is 6.32. The van der Waals surface area contributed by atoms with Gasteiger partial charge in [0.05, 0.1) is 0 Å². The van der Waals surface area contributed by atoms with Gasteiger partial charge in [0.15, 0.2) is 0 Å². The molecule has 1 saturated carbocycles. The van der Waals surface area contributed by atoms with Gasteiger partial charge in [-0.3, -0.25) is 0 Å². The molecular weight excluding hydrogens is 364 g/mol. The molecule has 1 nitrogen and oxygen atoms in total. The van der Waals surface area contributed by atoms with Crippen molar-refractivity contribution >= 4 is 0 Å². The van der Waals surface area contributed by atoms with Gasteiger partial charge in [-0.05, 0) is 28.7 Å². The van der Waals surface area contributed by atoms with E-state index < -0.39 is 11.0 Å². The van der Waals surface area contributed by atoms with E-state index in [2.05, 4.69) is 91.9 Å². The van der Waals surface area contributed by atoms with Crippen molar-refractivity contribution in [2.24, 2.45) is 5.41 Å². The smallest absolute Gasteiger partial charge is 0.121 e. The van der Waals surface area contributed by atoms with Gasteiger partial charge in [0, 0.05) is 10.8 Å². The van der Waals surface area contributed by atoms with Crippen molar-refractivity contribution in [2.75, 3.05) is 0 Å². The molecule has 1 fully saturated rings. The summed E-state index contributed by atoms with van der Waals surface area (Å²) in [7, 11) is 0. The van der Waals surface area contributed by atoms with E-state index in [-0.39, 0.29) is 5.41 Å². The van der Waals surface area contributed by atoms with Crippen LogP contribution in [-0.4, -0.2) is 5.11 Å². The third-order valence-corrected chi connectivity index (χ3v) is 7.15. The van der Waals surface area contributed by atoms with E-state index in [4.69, 9.17) is 0 Å². The summed E-state index contributed by atoms with van der Waals surface area (Å²) in [5.41, 5.74) is 2.58. The van der Waals surface area contributed by atoms with Crippen molar-refractivity contribution in [2.45, 2.75) is 24.4 Å². The highest BCUT2D eigenvalue weighted by Crippen LogP contribution is 2.75. The van der Waals surface area contributed by atoms with Gasteiger partial charge in [-0.1, -0.05) is 128 Å². The highest BCUT2D eigenvalue weighted by atomic mass is 16.3. The molecule has 1 aliphatic rings. The van der Waals surface area contributed by atoms with E-state index in [9.17, 15) is 5.11 Å². The van der Waals surface area contributed by atoms with Crippen molar-refractivity contribution in [1.29, 1.82) is 0 Å². The molecule has 5 rings (SSSR count). The first-order valence-electron chi connectivity index (χ1n) is 10.6. The second kappa shape index (κ2) is 6.97. The van der Waals surface area contributed by atoms with Gasteiger partial charge in [0.25, 0.3) is 0 Å². The molecule has 0 aromatic heterocycles. The Morgan fingerprint density at radius 1 is 0.567 bits per heavy atom. The lowest BCUT2D eigenvalue weighted by Crippen LogP contribution is -2.41. The zero-order valence-electron chi connectivity index (χ0n) is 17.2. The molecule has 1 aliphatic carbocycles. The van der Waals surface area contributed by atoms with Crippen molar-refractivity contribution < 1.29 is 5.11 Å². The minimum atomic E-state index is -1.12. The maximum absolute atomic E-state index is 12.6. The Hall–Kier alpha value is -3.16. The van der Waals surface area contributed by atoms with Gasteiger partial charge >= 0.3 is 0 Å². The number of hydrogen-bond acceptors (Lipinski definition) is 1. The molecule has 148 valence electrons. The van der Waals surface area contributed by atoms with E-state index >= 15 is 0 Å². The lowest BCUT2D eigenvalue weighted by atomic mass is 9.67. The molecule has 1 unspecified atom stereocenters. The van der Waals surface area contributed by atoms with Crippen LogP contribution in [0.1, 0.15) is 35.6 Å². The topological polar surface area (TPSA) is 20.2 Å². The molecule has 0 amide bonds. The fourth-order valence-corrected chi connectivity index (χ4v) is 5.54. The zero-order valence-corrected chi connectivity index (χ0v) is 17.2. The molecule has 1 atom stereocenters. The van der Waals surface area contributed by atoms with Crippen LogP contribution in [0.3, 0.4) is 0 Å². The van der Waals surface area contributed by atoms with Crippen LogP contribution in [0.2, 0.25) is 0 Å². The van der Waals surface area contributed by atoms with Crippen molar-refractivity contribution in [3.8, 4) is 0 Å². The lowest BCUT2D eigenvalue weighted by molar-refractivity contribution is 0.000400. The molecule has 1 N–H and O–H groups in total. The number of aliphatic hydroxyl groups is 1. The maximum atomic E-state index is 12.6. The largest absolute Gasteiger partial charge is 0.380 e. The van der Waals surface area contributed by atoms with Crippen LogP contribution >= 0.6 is 0 Å². The van der Waals surface area contributed by atoms with Gasteiger partial charge < -0.3 is 5.11 Å². The molecule has 4 aromatic rings. The quantitative estimate of drug-likeness (QED) is 0.423. The number of rotatable bonds is 5. The lowest BCUT2D eigenvalue weighted by Gasteiger charge is -2.40. The monoisotopic (exact) mass is 390 g/mol. The summed E-state index contributed by atoms with van der Waals surface area (Å²) in [6.45, 7) is 2.24. The molecule has 0 bridgehead atoms. The van der Waals surface area contributed by atoms with E-state index in [1.807, 2.05) is 36.4 Å². The summed E-state index contributed by atoms with van der Waals surface area (Å²) in [6, 6.07) is 41.6. The minimum Gasteiger partial charge on any atom is -0.380 e. The van der Waals surface area contributed by atoms with Crippen LogP contribution in [0.5, 0.6) is 0 Å². The van der Waals surface area contributed by atoms with Gasteiger partial charge in [-0.15, -0.1) is 0 Å². The predicted molar refractivity (Wildman–Crippen MR) is 122 cm³/mol. The highest BCUT2D eigenvalue weighted by molar-refractivity contribution is 5.56. The van der Waals surface area contributed by atoms with E-state index in [0.29, 0.717) is 0 Å². The third kappa shape index (κ3) is 2.52. The number of benzene rings is 4. The molecule has 30 heavy (non-hydrogen) atoms. The third-order valence-electron chi connectivity index (χ3n) is 7.15. The Kier molecular flexibility index (Phi) is 4.38. The second-order valence-electron chi connectivity index (χ2n) is 8.59. The fourth-order valence-electron chi connectivity index (χ4n) is 5.54. The average molecular weight is 391 g/mol. The first-order valence-corrected chi connectivity index (χ1v) is 10.6. The Morgan fingerprint density at radius 3 is 1.27 bits per heavy atom. The van der Waals surface area contributed by atoms with Crippen LogP contribution in [0.4, 0.5) is 0 Å². The standard InChI is InChI=1S/C29H26O/c1-27(29(30,25-18-10-4-11-19-25)26-20-12-5-13-21-26)22-28(27,23-14-6-2-7-15-23)24-16-8-3-9-17-24/h2-21,30H,22H2,1H3. The molecule has 1 heteroatoms. The van der Waals surface area contributed by atoms with Crippen molar-refractivity contribution in [1.82, 2.24) is 0 Å². The molecule has 0 saturated heterocycles. The highest BCUT2D eigenvalue weighted by Gasteiger charge is 2.74. The summed E-state index contributed by atoms with van der Waals surface area (Å²) >= 11 is 0. The first-order chi connectivity index (χ1) is 14.6. The van der Waals surface area contributed by atoms with Crippen LogP contribution in [0.25, 0.3) is 0 Å². The molecule has 0 spiro atoms.